The van der Waals surface area contributed by atoms with Gasteiger partial charge in [0.05, 0.1) is 0 Å². The van der Waals surface area contributed by atoms with Gasteiger partial charge in [0.15, 0.2) is 0 Å². The van der Waals surface area contributed by atoms with Gasteiger partial charge < -0.3 is 5.11 Å². The van der Waals surface area contributed by atoms with Crippen LogP contribution in [0.5, 0.6) is 0 Å². The van der Waals surface area contributed by atoms with Crippen molar-refractivity contribution < 1.29 is 5.11 Å². The zero-order valence-corrected chi connectivity index (χ0v) is 15.5. The van der Waals surface area contributed by atoms with E-state index in [0.717, 1.165) is 37.6 Å². The largest absolute Gasteiger partial charge is 0.376 e. The third kappa shape index (κ3) is 2.53. The van der Waals surface area contributed by atoms with E-state index in [2.05, 4.69) is 30.3 Å². The zero-order chi connectivity index (χ0) is 18.3. The summed E-state index contributed by atoms with van der Waals surface area (Å²) in [5.41, 5.74) is 3.77. The molecule has 130 valence electrons. The molecule has 0 radical (unpaired) electrons. The van der Waals surface area contributed by atoms with Crippen molar-refractivity contribution in [3.05, 3.63) is 120 Å². The molecule has 1 nitrogen and oxygen atoms in total. The summed E-state index contributed by atoms with van der Waals surface area (Å²) < 4.78 is 0. The fourth-order valence-electron chi connectivity index (χ4n) is 3.93. The van der Waals surface area contributed by atoms with Gasteiger partial charge in [-0.15, -0.1) is 0 Å². The van der Waals surface area contributed by atoms with Crippen LogP contribution in [0.1, 0.15) is 16.7 Å². The lowest BCUT2D eigenvalue weighted by molar-refractivity contribution is 0.119. The Labute approximate surface area is 163 Å². The molecule has 0 unspecified atom stereocenters. The molecule has 1 heterocycles. The van der Waals surface area contributed by atoms with Crippen LogP contribution in [0, 0.1) is 0 Å². The Morgan fingerprint density at radius 2 is 1.00 bits per heavy atom. The topological polar surface area (TPSA) is 20.2 Å². The summed E-state index contributed by atoms with van der Waals surface area (Å²) in [6, 6.07) is 34.8. The predicted molar refractivity (Wildman–Crippen MR) is 111 cm³/mol. The molecule has 1 N–H and O–H groups in total. The van der Waals surface area contributed by atoms with Crippen LogP contribution in [0.15, 0.2) is 113 Å². The number of benzene rings is 4. The Kier molecular flexibility index (Phi) is 3.89. The van der Waals surface area contributed by atoms with Gasteiger partial charge >= 0.3 is 0 Å². The number of hydrogen-bond acceptors (Lipinski definition) is 2. The lowest BCUT2D eigenvalue weighted by Crippen LogP contribution is -2.32. The van der Waals surface area contributed by atoms with Crippen LogP contribution in [0.25, 0.3) is 11.1 Å². The number of hydrogen-bond donors (Lipinski definition) is 1. The quantitative estimate of drug-likeness (QED) is 0.462. The third-order valence-corrected chi connectivity index (χ3v) is 6.33. The standard InChI is InChI=1S/C25H18OS/c26-25(20-13-5-4-12-19(20)18-10-2-1-3-11-18)21-14-6-8-16-23(21)27-24-17-9-7-15-22(24)25/h1-17,26H. The van der Waals surface area contributed by atoms with E-state index in [1.54, 1.807) is 11.8 Å². The van der Waals surface area contributed by atoms with E-state index in [-0.39, 0.29) is 0 Å². The average Bonchev–Trinajstić information content (AvgIpc) is 2.75. The first-order valence-electron chi connectivity index (χ1n) is 9.02. The molecular weight excluding hydrogens is 348 g/mol. The molecule has 0 bridgehead atoms. The highest BCUT2D eigenvalue weighted by Gasteiger charge is 2.42. The van der Waals surface area contributed by atoms with Gasteiger partial charge in [0.25, 0.3) is 0 Å². The van der Waals surface area contributed by atoms with Gasteiger partial charge in [0.2, 0.25) is 0 Å². The molecule has 0 fully saturated rings. The van der Waals surface area contributed by atoms with Crippen LogP contribution in [0.2, 0.25) is 0 Å². The predicted octanol–water partition coefficient (Wildman–Crippen LogP) is 6.10. The van der Waals surface area contributed by atoms with Crippen molar-refractivity contribution in [3.63, 3.8) is 0 Å². The highest BCUT2D eigenvalue weighted by atomic mass is 32.2. The van der Waals surface area contributed by atoms with Crippen molar-refractivity contribution >= 4 is 11.8 Å². The zero-order valence-electron chi connectivity index (χ0n) is 14.7. The van der Waals surface area contributed by atoms with Crippen molar-refractivity contribution in [2.75, 3.05) is 0 Å². The van der Waals surface area contributed by atoms with E-state index in [1.807, 2.05) is 72.8 Å². The van der Waals surface area contributed by atoms with Gasteiger partial charge in [-0.25, -0.2) is 0 Å². The molecule has 5 rings (SSSR count). The van der Waals surface area contributed by atoms with Crippen molar-refractivity contribution in [1.82, 2.24) is 0 Å². The minimum absolute atomic E-state index is 0.913. The Morgan fingerprint density at radius 3 is 1.63 bits per heavy atom. The second-order valence-corrected chi connectivity index (χ2v) is 7.80. The molecule has 1 aliphatic rings. The fourth-order valence-corrected chi connectivity index (χ4v) is 5.11. The normalized spacial score (nSPS) is 14.3. The van der Waals surface area contributed by atoms with Gasteiger partial charge in [-0.05, 0) is 23.3 Å². The first kappa shape index (κ1) is 16.4. The lowest BCUT2D eigenvalue weighted by atomic mass is 9.77. The van der Waals surface area contributed by atoms with Crippen molar-refractivity contribution in [2.24, 2.45) is 0 Å². The molecule has 4 aromatic rings. The minimum Gasteiger partial charge on any atom is -0.376 e. The van der Waals surface area contributed by atoms with Gasteiger partial charge in [0, 0.05) is 26.5 Å². The number of aliphatic hydroxyl groups is 1. The van der Waals surface area contributed by atoms with Crippen molar-refractivity contribution in [2.45, 2.75) is 15.4 Å². The Hall–Kier alpha value is -2.81. The molecule has 0 amide bonds. The molecule has 0 atom stereocenters. The maximum Gasteiger partial charge on any atom is 0.143 e. The van der Waals surface area contributed by atoms with E-state index in [4.69, 9.17) is 0 Å². The second kappa shape index (κ2) is 6.41. The maximum absolute atomic E-state index is 12.3. The molecule has 1 aliphatic heterocycles. The van der Waals surface area contributed by atoms with E-state index < -0.39 is 5.60 Å². The molecule has 4 aromatic carbocycles. The molecule has 0 aromatic heterocycles. The lowest BCUT2D eigenvalue weighted by Gasteiger charge is -2.37. The molecule has 0 saturated heterocycles. The Morgan fingerprint density at radius 1 is 0.519 bits per heavy atom. The highest BCUT2D eigenvalue weighted by Crippen LogP contribution is 2.52. The van der Waals surface area contributed by atoms with Gasteiger partial charge in [-0.3, -0.25) is 0 Å². The first-order valence-corrected chi connectivity index (χ1v) is 9.84. The SMILES string of the molecule is OC1(c2ccccc2-c2ccccc2)c2ccccc2Sc2ccccc21. The molecular formula is C25H18OS. The van der Waals surface area contributed by atoms with Crippen molar-refractivity contribution in [3.8, 4) is 11.1 Å². The maximum atomic E-state index is 12.3. The van der Waals surface area contributed by atoms with E-state index in [9.17, 15) is 5.11 Å². The molecule has 27 heavy (non-hydrogen) atoms. The minimum atomic E-state index is -1.19. The summed E-state index contributed by atoms with van der Waals surface area (Å²) in [4.78, 5) is 2.20. The summed E-state index contributed by atoms with van der Waals surface area (Å²) >= 11 is 1.72. The molecule has 0 saturated carbocycles. The third-order valence-electron chi connectivity index (χ3n) is 5.18. The number of rotatable bonds is 2. The van der Waals surface area contributed by atoms with Gasteiger partial charge in [0.1, 0.15) is 5.60 Å². The van der Waals surface area contributed by atoms with Crippen LogP contribution in [0.3, 0.4) is 0 Å². The van der Waals surface area contributed by atoms with Crippen molar-refractivity contribution in [1.29, 1.82) is 0 Å². The van der Waals surface area contributed by atoms with Gasteiger partial charge in [-0.2, -0.15) is 0 Å². The number of fused-ring (bicyclic) bond motifs is 2. The highest BCUT2D eigenvalue weighted by molar-refractivity contribution is 7.99. The van der Waals surface area contributed by atoms with Crippen LogP contribution in [0.4, 0.5) is 0 Å². The second-order valence-electron chi connectivity index (χ2n) is 6.72. The summed E-state index contributed by atoms with van der Waals surface area (Å²) in [7, 11) is 0. The Bertz CT molecular complexity index is 1070. The molecule has 0 spiro atoms. The average molecular weight is 366 g/mol. The van der Waals surface area contributed by atoms with Crippen LogP contribution in [-0.4, -0.2) is 5.11 Å². The van der Waals surface area contributed by atoms with E-state index in [1.165, 1.54) is 0 Å². The molecule has 2 heteroatoms. The van der Waals surface area contributed by atoms with E-state index in [0.29, 0.717) is 0 Å². The van der Waals surface area contributed by atoms with Crippen LogP contribution >= 0.6 is 11.8 Å². The summed E-state index contributed by atoms with van der Waals surface area (Å²) in [5.74, 6) is 0. The molecule has 0 aliphatic carbocycles. The monoisotopic (exact) mass is 366 g/mol. The van der Waals surface area contributed by atoms with Crippen LogP contribution in [-0.2, 0) is 5.60 Å². The summed E-state index contributed by atoms with van der Waals surface area (Å²) in [5, 5.41) is 12.3. The summed E-state index contributed by atoms with van der Waals surface area (Å²) in [6.07, 6.45) is 0. The van der Waals surface area contributed by atoms with Crippen LogP contribution < -0.4 is 0 Å². The smallest absolute Gasteiger partial charge is 0.143 e. The first-order chi connectivity index (χ1) is 13.3. The van der Waals surface area contributed by atoms with Gasteiger partial charge in [-0.1, -0.05) is 103 Å². The fraction of sp³-hybridized carbons (Fsp3) is 0.0400. The summed E-state index contributed by atoms with van der Waals surface area (Å²) in [6.45, 7) is 0. The Balaban J connectivity index is 1.84. The van der Waals surface area contributed by atoms with E-state index >= 15 is 0 Å².